The monoisotopic (exact) mass is 472 g/mol. The molecule has 1 unspecified atom stereocenters. The number of alkyl carbamates (subject to hydrolysis) is 1. The van der Waals surface area contributed by atoms with E-state index in [9.17, 15) is 22.8 Å². The zero-order chi connectivity index (χ0) is 18.5. The highest BCUT2D eigenvalue weighted by Gasteiger charge is 2.31. The van der Waals surface area contributed by atoms with E-state index in [0.717, 1.165) is 0 Å². The second kappa shape index (κ2) is 8.63. The van der Waals surface area contributed by atoms with Crippen LogP contribution in [0.1, 0.15) is 27.2 Å². The first-order valence-corrected chi connectivity index (χ1v) is 12.0. The number of alkyl halides is 3. The van der Waals surface area contributed by atoms with Crippen LogP contribution in [0.25, 0.3) is 0 Å². The minimum atomic E-state index is -4.50. The Morgan fingerprint density at radius 1 is 1.22 bits per heavy atom. The molecule has 0 bridgehead atoms. The van der Waals surface area contributed by atoms with Gasteiger partial charge in [-0.2, -0.15) is 20.4 Å². The maximum atomic E-state index is 12.2. The van der Waals surface area contributed by atoms with Crippen LogP contribution in [0.4, 0.5) is 18.0 Å². The van der Waals surface area contributed by atoms with E-state index in [4.69, 9.17) is 4.74 Å². The van der Waals surface area contributed by atoms with Crippen LogP contribution in [-0.2, 0) is 9.53 Å². The van der Waals surface area contributed by atoms with Gasteiger partial charge in [0.15, 0.2) is 0 Å². The number of hydrogen-bond donors (Lipinski definition) is 2. The van der Waals surface area contributed by atoms with Crippen molar-refractivity contribution in [3.63, 3.8) is 0 Å². The molecule has 23 heavy (non-hydrogen) atoms. The number of hydrogen-bond acceptors (Lipinski definition) is 3. The van der Waals surface area contributed by atoms with Crippen molar-refractivity contribution < 1.29 is 27.5 Å². The molecule has 2 amide bonds. The third kappa shape index (κ3) is 13.7. The molecule has 0 radical (unpaired) electrons. The van der Waals surface area contributed by atoms with Crippen molar-refractivity contribution in [2.75, 3.05) is 24.8 Å². The molecule has 0 saturated heterocycles. The van der Waals surface area contributed by atoms with Crippen molar-refractivity contribution in [3.05, 3.63) is 0 Å². The molecule has 0 aromatic carbocycles. The summed E-state index contributed by atoms with van der Waals surface area (Å²) in [6.07, 6.45) is -1.07. The van der Waals surface area contributed by atoms with Crippen molar-refractivity contribution in [2.24, 2.45) is 0 Å². The van der Waals surface area contributed by atoms with E-state index in [1.165, 1.54) is 0 Å². The lowest BCUT2D eigenvalue weighted by Crippen LogP contribution is -2.50. The van der Waals surface area contributed by atoms with Crippen LogP contribution in [0, 0.1) is 0 Å². The number of ether oxygens (including phenoxy) is 1. The van der Waals surface area contributed by atoms with Crippen molar-refractivity contribution in [1.82, 2.24) is 10.6 Å². The summed E-state index contributed by atoms with van der Waals surface area (Å²) in [5.41, 5.74) is -0.759. The maximum Gasteiger partial charge on any atom is 0.408 e. The van der Waals surface area contributed by atoms with E-state index < -0.39 is 43.6 Å². The predicted molar refractivity (Wildman–Crippen MR) is 95.2 cm³/mol. The van der Waals surface area contributed by atoms with Crippen LogP contribution >= 0.6 is 28.4 Å². The summed E-state index contributed by atoms with van der Waals surface area (Å²) in [5.74, 6) is -0.249. The second-order valence-corrected chi connectivity index (χ2v) is 16.8. The fourth-order valence-electron chi connectivity index (χ4n) is 1.43. The van der Waals surface area contributed by atoms with Gasteiger partial charge in [0.1, 0.15) is 18.2 Å². The second-order valence-electron chi connectivity index (χ2n) is 6.43. The van der Waals surface area contributed by atoms with E-state index in [2.05, 4.69) is 26.5 Å². The molecule has 0 aromatic heterocycles. The fraction of sp³-hybridized carbons (Fsp3) is 0.846. The molecule has 0 saturated carbocycles. The van der Waals surface area contributed by atoms with Gasteiger partial charge in [-0.3, -0.25) is 4.79 Å². The Morgan fingerprint density at radius 2 is 1.74 bits per heavy atom. The van der Waals surface area contributed by atoms with Crippen LogP contribution in [0.5, 0.6) is 0 Å². The van der Waals surface area contributed by atoms with Crippen molar-refractivity contribution >= 4 is 40.4 Å². The fourth-order valence-corrected chi connectivity index (χ4v) is 2.99. The predicted octanol–water partition coefficient (Wildman–Crippen LogP) is 3.36. The quantitative estimate of drug-likeness (QED) is 0.583. The number of carbonyl (C=O) groups is 2. The third-order valence-electron chi connectivity index (χ3n) is 2.36. The molecule has 0 aliphatic carbocycles. The normalized spacial score (nSPS) is 14.8. The van der Waals surface area contributed by atoms with Crippen LogP contribution in [0.2, 0.25) is 0 Å². The molecule has 0 aliphatic rings. The Labute approximate surface area is 148 Å². The molecule has 10 heteroatoms. The Morgan fingerprint density at radius 3 is 2.13 bits per heavy atom. The molecular formula is C13H24F3IN2O3S. The number of carbonyl (C=O) groups excluding carboxylic acids is 2. The Kier molecular flexibility index (Phi) is 8.49. The lowest BCUT2D eigenvalue weighted by Gasteiger charge is -2.27. The maximum absolute atomic E-state index is 12.2. The minimum absolute atomic E-state index is 0.244. The average molecular weight is 472 g/mol. The van der Waals surface area contributed by atoms with Crippen molar-refractivity contribution in [3.8, 4) is 0 Å². The zero-order valence-electron chi connectivity index (χ0n) is 13.8. The van der Waals surface area contributed by atoms with E-state index in [1.54, 1.807) is 26.1 Å². The molecule has 0 heterocycles. The Hall–Kier alpha value is -0.390. The molecular weight excluding hydrogens is 448 g/mol. The Bertz CT molecular complexity index is 420. The summed E-state index contributed by atoms with van der Waals surface area (Å²) in [6.45, 7) is 3.54. The number of halogens is 4. The number of nitrogens with one attached hydrogen (secondary N) is 2. The van der Waals surface area contributed by atoms with Crippen LogP contribution in [0.3, 0.4) is 0 Å². The van der Waals surface area contributed by atoms with Gasteiger partial charge < -0.3 is 15.4 Å². The smallest absolute Gasteiger partial charge is 0.408 e. The van der Waals surface area contributed by atoms with Crippen LogP contribution < -0.4 is 10.6 Å². The first kappa shape index (κ1) is 22.6. The SMILES string of the molecule is CC(C)(C)OC(=O)NC(CCS(C)(C)I)C(=O)NCC(F)(F)F. The standard InChI is InChI=1S/C13H24F3IN2O3S/c1-12(2,3)22-11(21)19-9(6-7-23(4,5)17)10(20)18-8-13(14,15)16/h9H,6-8H2,1-5H3,(H,18,20)(H,19,21). The Balaban J connectivity index is 4.80. The van der Waals surface area contributed by atoms with Crippen molar-refractivity contribution in [1.29, 1.82) is 0 Å². The van der Waals surface area contributed by atoms with E-state index in [1.807, 2.05) is 12.5 Å². The summed E-state index contributed by atoms with van der Waals surface area (Å²) < 4.78 is 41.7. The molecule has 0 aliphatic heterocycles. The van der Waals surface area contributed by atoms with Gasteiger partial charge in [-0.05, 0) is 66.7 Å². The van der Waals surface area contributed by atoms with Gasteiger partial charge in [0.05, 0.1) is 0 Å². The molecule has 0 rings (SSSR count). The van der Waals surface area contributed by atoms with Gasteiger partial charge in [-0.1, -0.05) is 0 Å². The van der Waals surface area contributed by atoms with Crippen LogP contribution in [-0.4, -0.2) is 54.6 Å². The topological polar surface area (TPSA) is 67.4 Å². The average Bonchev–Trinajstić information content (AvgIpc) is 2.27. The molecule has 0 aromatic rings. The summed E-state index contributed by atoms with van der Waals surface area (Å²) in [4.78, 5) is 23.7. The zero-order valence-corrected chi connectivity index (χ0v) is 16.8. The van der Waals surface area contributed by atoms with E-state index in [0.29, 0.717) is 5.75 Å². The lowest BCUT2D eigenvalue weighted by molar-refractivity contribution is -0.139. The minimum Gasteiger partial charge on any atom is -0.444 e. The molecule has 0 fully saturated rings. The van der Waals surface area contributed by atoms with E-state index >= 15 is 0 Å². The highest BCUT2D eigenvalue weighted by atomic mass is 127. The number of amides is 2. The largest absolute Gasteiger partial charge is 0.444 e. The van der Waals surface area contributed by atoms with Gasteiger partial charge >= 0.3 is 12.3 Å². The van der Waals surface area contributed by atoms with Crippen molar-refractivity contribution in [2.45, 2.75) is 45.0 Å². The van der Waals surface area contributed by atoms with Gasteiger partial charge in [0.25, 0.3) is 0 Å². The summed E-state index contributed by atoms with van der Waals surface area (Å²) >= 11 is 2.25. The molecule has 5 nitrogen and oxygen atoms in total. The summed E-state index contributed by atoms with van der Waals surface area (Å²) in [5, 5.41) is 4.15. The van der Waals surface area contributed by atoms with E-state index in [-0.39, 0.29) is 6.42 Å². The van der Waals surface area contributed by atoms with Gasteiger partial charge in [0, 0.05) is 0 Å². The summed E-state index contributed by atoms with van der Waals surface area (Å²) in [7, 11) is -0.991. The molecule has 2 N–H and O–H groups in total. The number of rotatable bonds is 6. The summed E-state index contributed by atoms with van der Waals surface area (Å²) in [6, 6.07) is -1.06. The molecule has 138 valence electrons. The first-order valence-electron chi connectivity index (χ1n) is 6.84. The molecule has 0 spiro atoms. The molecule has 1 atom stereocenters. The van der Waals surface area contributed by atoms with Gasteiger partial charge in [-0.15, -0.1) is 0 Å². The lowest BCUT2D eigenvalue weighted by atomic mass is 10.2. The van der Waals surface area contributed by atoms with Crippen LogP contribution in [0.15, 0.2) is 0 Å². The van der Waals surface area contributed by atoms with Gasteiger partial charge in [-0.25, -0.2) is 4.79 Å². The first-order chi connectivity index (χ1) is 10.1. The third-order valence-corrected chi connectivity index (χ3v) is 4.89. The van der Waals surface area contributed by atoms with Gasteiger partial charge in [0.2, 0.25) is 5.91 Å². The highest BCUT2D eigenvalue weighted by molar-refractivity contribution is 14.2. The highest BCUT2D eigenvalue weighted by Crippen LogP contribution is 2.49.